The van der Waals surface area contributed by atoms with Gasteiger partial charge in [-0.1, -0.05) is 42.0 Å². The molecule has 6 heteroatoms. The van der Waals surface area contributed by atoms with E-state index in [1.807, 2.05) is 46.2 Å². The van der Waals surface area contributed by atoms with Crippen LogP contribution in [-0.4, -0.2) is 52.2 Å². The van der Waals surface area contributed by atoms with Crippen molar-refractivity contribution >= 4 is 5.91 Å². The van der Waals surface area contributed by atoms with Crippen molar-refractivity contribution in [3.05, 3.63) is 77.6 Å². The molecule has 156 valence electrons. The van der Waals surface area contributed by atoms with Gasteiger partial charge in [-0.2, -0.15) is 5.10 Å². The Balaban J connectivity index is 1.39. The van der Waals surface area contributed by atoms with E-state index in [1.54, 1.807) is 7.11 Å². The number of hydrogen-bond donors (Lipinski definition) is 0. The molecule has 30 heavy (non-hydrogen) atoms. The minimum absolute atomic E-state index is 0.225. The third-order valence-electron chi connectivity index (χ3n) is 5.55. The fourth-order valence-corrected chi connectivity index (χ4v) is 3.80. The summed E-state index contributed by atoms with van der Waals surface area (Å²) in [6.07, 6.45) is 4.48. The quantitative estimate of drug-likeness (QED) is 0.632. The molecule has 0 N–H and O–H groups in total. The molecule has 2 aromatic carbocycles. The average molecular weight is 405 g/mol. The first-order valence-corrected chi connectivity index (χ1v) is 10.3. The van der Waals surface area contributed by atoms with Crippen molar-refractivity contribution in [2.45, 2.75) is 26.4 Å². The zero-order chi connectivity index (χ0) is 20.9. The Morgan fingerprint density at radius 1 is 0.967 bits per heavy atom. The minimum Gasteiger partial charge on any atom is -0.494 e. The standard InChI is InChI=1S/C24H28N4O2/c1-19-7-9-20(10-8-19)17-27-14-13-26(12-11-24(27)29)16-21-15-25-28(18-21)22-5-3-4-6-23(22)30-2/h3-10,15,18H,11-14,16-17H2,1-2H3. The second-order valence-electron chi connectivity index (χ2n) is 7.79. The number of ether oxygens (including phenoxy) is 1. The number of nitrogens with zero attached hydrogens (tertiary/aromatic N) is 4. The van der Waals surface area contributed by atoms with E-state index in [4.69, 9.17) is 4.74 Å². The number of rotatable bonds is 6. The Bertz CT molecular complexity index is 996. The van der Waals surface area contributed by atoms with Gasteiger partial charge in [-0.15, -0.1) is 0 Å². The lowest BCUT2D eigenvalue weighted by Gasteiger charge is -2.22. The normalized spacial score (nSPS) is 15.3. The number of amides is 1. The zero-order valence-electron chi connectivity index (χ0n) is 17.6. The molecule has 1 saturated heterocycles. The van der Waals surface area contributed by atoms with Crippen molar-refractivity contribution in [2.24, 2.45) is 0 Å². The summed E-state index contributed by atoms with van der Waals surface area (Å²) in [5.74, 6) is 1.02. The molecule has 0 spiro atoms. The Labute approximate surface area is 177 Å². The highest BCUT2D eigenvalue weighted by atomic mass is 16.5. The SMILES string of the molecule is COc1ccccc1-n1cc(CN2CCC(=O)N(Cc3ccc(C)cc3)CC2)cn1. The van der Waals surface area contributed by atoms with Crippen LogP contribution in [0.3, 0.4) is 0 Å². The van der Waals surface area contributed by atoms with Crippen LogP contribution >= 0.6 is 0 Å². The summed E-state index contributed by atoms with van der Waals surface area (Å²) in [6, 6.07) is 16.3. The molecule has 1 fully saturated rings. The van der Waals surface area contributed by atoms with Crippen LogP contribution in [0.2, 0.25) is 0 Å². The first-order valence-electron chi connectivity index (χ1n) is 10.3. The van der Waals surface area contributed by atoms with E-state index in [1.165, 1.54) is 11.1 Å². The highest BCUT2D eigenvalue weighted by Gasteiger charge is 2.21. The molecule has 0 unspecified atom stereocenters. The van der Waals surface area contributed by atoms with Crippen molar-refractivity contribution in [3.63, 3.8) is 0 Å². The molecule has 0 aliphatic carbocycles. The highest BCUT2D eigenvalue weighted by Crippen LogP contribution is 2.22. The van der Waals surface area contributed by atoms with Gasteiger partial charge in [0.2, 0.25) is 5.91 Å². The molecule has 6 nitrogen and oxygen atoms in total. The van der Waals surface area contributed by atoms with Gasteiger partial charge in [-0.05, 0) is 24.6 Å². The number of carbonyl (C=O) groups is 1. The Hall–Kier alpha value is -3.12. The van der Waals surface area contributed by atoms with Gasteiger partial charge in [0.15, 0.2) is 0 Å². The van der Waals surface area contributed by atoms with E-state index in [2.05, 4.69) is 41.2 Å². The van der Waals surface area contributed by atoms with E-state index >= 15 is 0 Å². The molecule has 1 amide bonds. The van der Waals surface area contributed by atoms with Gasteiger partial charge >= 0.3 is 0 Å². The van der Waals surface area contributed by atoms with Crippen LogP contribution in [0, 0.1) is 6.92 Å². The summed E-state index contributed by atoms with van der Waals surface area (Å²) in [5, 5.41) is 4.51. The van der Waals surface area contributed by atoms with Crippen LogP contribution in [-0.2, 0) is 17.9 Å². The van der Waals surface area contributed by atoms with Gasteiger partial charge in [-0.25, -0.2) is 4.68 Å². The number of carbonyl (C=O) groups excluding carboxylic acids is 1. The summed E-state index contributed by atoms with van der Waals surface area (Å²) in [4.78, 5) is 16.9. The number of para-hydroxylation sites is 2. The first-order chi connectivity index (χ1) is 14.6. The monoisotopic (exact) mass is 404 g/mol. The summed E-state index contributed by atoms with van der Waals surface area (Å²) in [5.41, 5.74) is 4.46. The van der Waals surface area contributed by atoms with Crippen LogP contribution in [0.15, 0.2) is 60.9 Å². The maximum absolute atomic E-state index is 12.6. The van der Waals surface area contributed by atoms with Crippen LogP contribution in [0.1, 0.15) is 23.1 Å². The Morgan fingerprint density at radius 3 is 2.57 bits per heavy atom. The van der Waals surface area contributed by atoms with Crippen LogP contribution in [0.5, 0.6) is 5.75 Å². The maximum atomic E-state index is 12.6. The largest absolute Gasteiger partial charge is 0.494 e. The topological polar surface area (TPSA) is 50.6 Å². The maximum Gasteiger partial charge on any atom is 0.224 e. The third kappa shape index (κ3) is 4.71. The molecule has 0 atom stereocenters. The summed E-state index contributed by atoms with van der Waals surface area (Å²) >= 11 is 0. The number of benzene rings is 2. The van der Waals surface area contributed by atoms with Crippen molar-refractivity contribution in [2.75, 3.05) is 26.7 Å². The molecular weight excluding hydrogens is 376 g/mol. The van der Waals surface area contributed by atoms with Gasteiger partial charge < -0.3 is 9.64 Å². The summed E-state index contributed by atoms with van der Waals surface area (Å²) < 4.78 is 7.29. The van der Waals surface area contributed by atoms with E-state index in [9.17, 15) is 4.79 Å². The minimum atomic E-state index is 0.225. The molecule has 3 aromatic rings. The van der Waals surface area contributed by atoms with Gasteiger partial charge in [0.25, 0.3) is 0 Å². The van der Waals surface area contributed by atoms with Gasteiger partial charge in [0.1, 0.15) is 11.4 Å². The van der Waals surface area contributed by atoms with E-state index in [0.717, 1.165) is 43.2 Å². The van der Waals surface area contributed by atoms with Gasteiger partial charge in [-0.3, -0.25) is 9.69 Å². The fraction of sp³-hybridized carbons (Fsp3) is 0.333. The molecule has 0 saturated carbocycles. The number of aromatic nitrogens is 2. The van der Waals surface area contributed by atoms with Crippen molar-refractivity contribution < 1.29 is 9.53 Å². The Kier molecular flexibility index (Phi) is 6.14. The predicted octanol–water partition coefficient (Wildman–Crippen LogP) is 3.42. The molecule has 0 bridgehead atoms. The average Bonchev–Trinajstić information content (AvgIpc) is 3.16. The van der Waals surface area contributed by atoms with Gasteiger partial charge in [0.05, 0.1) is 13.3 Å². The third-order valence-corrected chi connectivity index (χ3v) is 5.55. The molecule has 2 heterocycles. The lowest BCUT2D eigenvalue weighted by molar-refractivity contribution is -0.130. The van der Waals surface area contributed by atoms with Crippen molar-refractivity contribution in [1.29, 1.82) is 0 Å². The molecule has 1 aromatic heterocycles. The number of methoxy groups -OCH3 is 1. The van der Waals surface area contributed by atoms with E-state index in [-0.39, 0.29) is 5.91 Å². The Morgan fingerprint density at radius 2 is 1.77 bits per heavy atom. The smallest absolute Gasteiger partial charge is 0.224 e. The molecular formula is C24H28N4O2. The van der Waals surface area contributed by atoms with Crippen LogP contribution in [0.25, 0.3) is 5.69 Å². The summed E-state index contributed by atoms with van der Waals surface area (Å²) in [7, 11) is 1.67. The van der Waals surface area contributed by atoms with Crippen molar-refractivity contribution in [3.8, 4) is 11.4 Å². The van der Waals surface area contributed by atoms with Crippen LogP contribution in [0.4, 0.5) is 0 Å². The van der Waals surface area contributed by atoms with Crippen LogP contribution < -0.4 is 4.74 Å². The van der Waals surface area contributed by atoms with Gasteiger partial charge in [0, 0.05) is 50.9 Å². The number of hydrogen-bond acceptors (Lipinski definition) is 4. The van der Waals surface area contributed by atoms with E-state index < -0.39 is 0 Å². The van der Waals surface area contributed by atoms with Crippen molar-refractivity contribution in [1.82, 2.24) is 19.6 Å². The summed E-state index contributed by atoms with van der Waals surface area (Å²) in [6.45, 7) is 5.90. The number of aryl methyl sites for hydroxylation is 1. The van der Waals surface area contributed by atoms with E-state index in [0.29, 0.717) is 13.0 Å². The fourth-order valence-electron chi connectivity index (χ4n) is 3.80. The molecule has 0 radical (unpaired) electrons. The lowest BCUT2D eigenvalue weighted by Crippen LogP contribution is -2.32. The predicted molar refractivity (Wildman–Crippen MR) is 117 cm³/mol. The zero-order valence-corrected chi connectivity index (χ0v) is 17.6. The molecule has 4 rings (SSSR count). The lowest BCUT2D eigenvalue weighted by atomic mass is 10.1. The highest BCUT2D eigenvalue weighted by molar-refractivity contribution is 5.76. The second-order valence-corrected chi connectivity index (χ2v) is 7.79. The molecule has 1 aliphatic heterocycles. The second kappa shape index (κ2) is 9.13. The molecule has 1 aliphatic rings. The first kappa shape index (κ1) is 20.2.